The first kappa shape index (κ1) is 22.7. The van der Waals surface area contributed by atoms with Crippen molar-refractivity contribution < 1.29 is 19.0 Å². The molecular weight excluding hydrogens is 413 g/mol. The second-order valence-corrected chi connectivity index (χ2v) is 6.33. The number of aromatic nitrogens is 2. The fourth-order valence-electron chi connectivity index (χ4n) is 2.37. The summed E-state index contributed by atoms with van der Waals surface area (Å²) in [7, 11) is 1.57. The third-order valence-corrected chi connectivity index (χ3v) is 4.03. The Morgan fingerprint density at radius 1 is 1.33 bits per heavy atom. The second-order valence-electron chi connectivity index (χ2n) is 5.92. The van der Waals surface area contributed by atoms with Gasteiger partial charge in [0.05, 0.1) is 25.5 Å². The van der Waals surface area contributed by atoms with Gasteiger partial charge in [0.25, 0.3) is 5.97 Å². The topological polar surface area (TPSA) is 126 Å². The molecule has 0 atom stereocenters. The third kappa shape index (κ3) is 6.78. The van der Waals surface area contributed by atoms with Crippen LogP contribution in [0, 0.1) is 5.82 Å². The highest BCUT2D eigenvalue weighted by molar-refractivity contribution is 6.31. The van der Waals surface area contributed by atoms with E-state index < -0.39 is 5.97 Å². The van der Waals surface area contributed by atoms with Gasteiger partial charge in [0.15, 0.2) is 5.96 Å². The van der Waals surface area contributed by atoms with Crippen molar-refractivity contribution in [1.29, 1.82) is 0 Å². The number of H-pyrrole nitrogens is 1. The van der Waals surface area contributed by atoms with E-state index in [2.05, 4.69) is 20.3 Å². The summed E-state index contributed by atoms with van der Waals surface area (Å²) in [5.74, 6) is 0.118. The maximum absolute atomic E-state index is 13.0. The zero-order valence-electron chi connectivity index (χ0n) is 16.3. The number of guanidine groups is 1. The molecule has 0 saturated heterocycles. The van der Waals surface area contributed by atoms with Crippen molar-refractivity contribution in [2.45, 2.75) is 13.5 Å². The van der Waals surface area contributed by atoms with Gasteiger partial charge in [-0.15, -0.1) is 0 Å². The first-order valence-corrected chi connectivity index (χ1v) is 9.06. The molecule has 0 bridgehead atoms. The van der Waals surface area contributed by atoms with Crippen LogP contribution < -0.4 is 15.8 Å². The smallest absolute Gasteiger partial charge is 0.300 e. The Bertz CT molecular complexity index is 1020. The molecule has 3 aromatic rings. The Balaban J connectivity index is 0.000000735. The quantitative estimate of drug-likeness (QED) is 0.357. The molecule has 3 rings (SSSR count). The van der Waals surface area contributed by atoms with E-state index >= 15 is 0 Å². The average Bonchev–Trinajstić information content (AvgIpc) is 3.15. The van der Waals surface area contributed by atoms with Gasteiger partial charge in [0, 0.05) is 17.5 Å². The van der Waals surface area contributed by atoms with Gasteiger partial charge >= 0.3 is 0 Å². The molecule has 0 aliphatic rings. The number of methoxy groups -OCH3 is 1. The van der Waals surface area contributed by atoms with Gasteiger partial charge in [0.1, 0.15) is 11.6 Å². The third-order valence-electron chi connectivity index (χ3n) is 3.68. The summed E-state index contributed by atoms with van der Waals surface area (Å²) in [6.07, 6.45) is 1.62. The standard InChI is InChI=1S/C18H17ClFN5O.C2H4O2/c1-26-16-4-2-3-14(19)13(16)9-22-17(21)25-18-23-10-15(24-18)11-5-7-12(20)8-6-11;1-2(3)4/h2-8,10H,9H2,1H3,(H4,21,22,23,24,25);1H3,(H,3,4). The summed E-state index contributed by atoms with van der Waals surface area (Å²) in [4.78, 5) is 20.5. The molecule has 158 valence electrons. The monoisotopic (exact) mass is 433 g/mol. The molecule has 0 amide bonds. The Hall–Kier alpha value is -3.59. The number of nitrogens with two attached hydrogens (primary N) is 1. The summed E-state index contributed by atoms with van der Waals surface area (Å²) in [6.45, 7) is 1.34. The van der Waals surface area contributed by atoms with Crippen molar-refractivity contribution in [3.63, 3.8) is 0 Å². The number of nitrogens with one attached hydrogen (secondary N) is 2. The van der Waals surface area contributed by atoms with Crippen molar-refractivity contribution >= 4 is 29.5 Å². The van der Waals surface area contributed by atoms with E-state index in [1.165, 1.54) is 12.1 Å². The molecule has 2 aromatic carbocycles. The van der Waals surface area contributed by atoms with Gasteiger partial charge in [0.2, 0.25) is 5.95 Å². The second kappa shape index (κ2) is 10.8. The number of carboxylic acids is 1. The number of carbonyl (C=O) groups is 1. The molecule has 1 aromatic heterocycles. The molecule has 0 fully saturated rings. The number of nitrogens with zero attached hydrogens (tertiary/aromatic N) is 2. The minimum absolute atomic E-state index is 0.173. The van der Waals surface area contributed by atoms with E-state index in [9.17, 15) is 4.39 Å². The fraction of sp³-hybridized carbons (Fsp3) is 0.150. The van der Waals surface area contributed by atoms with Crippen LogP contribution in [0.3, 0.4) is 0 Å². The molecule has 0 aliphatic heterocycles. The molecule has 30 heavy (non-hydrogen) atoms. The van der Waals surface area contributed by atoms with Gasteiger partial charge < -0.3 is 20.6 Å². The van der Waals surface area contributed by atoms with Crippen LogP contribution in [0.25, 0.3) is 11.3 Å². The molecule has 0 unspecified atom stereocenters. The van der Waals surface area contributed by atoms with Crippen LogP contribution in [-0.2, 0) is 11.3 Å². The van der Waals surface area contributed by atoms with Crippen LogP contribution in [0.4, 0.5) is 10.3 Å². The molecule has 10 heteroatoms. The molecule has 1 heterocycles. The van der Waals surface area contributed by atoms with Gasteiger partial charge in [-0.05, 0) is 42.0 Å². The van der Waals surface area contributed by atoms with E-state index in [-0.39, 0.29) is 18.3 Å². The molecule has 8 nitrogen and oxygen atoms in total. The largest absolute Gasteiger partial charge is 0.496 e. The normalized spacial score (nSPS) is 10.7. The number of ether oxygens (including phenoxy) is 1. The van der Waals surface area contributed by atoms with E-state index in [4.69, 9.17) is 32.0 Å². The number of aliphatic carboxylic acids is 1. The van der Waals surface area contributed by atoms with E-state index in [1.807, 2.05) is 6.07 Å². The van der Waals surface area contributed by atoms with Gasteiger partial charge in [-0.2, -0.15) is 0 Å². The number of carboxylic acid groups (broad SMARTS) is 1. The zero-order chi connectivity index (χ0) is 22.1. The molecule has 0 radical (unpaired) electrons. The van der Waals surface area contributed by atoms with E-state index in [0.717, 1.165) is 23.7 Å². The summed E-state index contributed by atoms with van der Waals surface area (Å²) in [5.41, 5.74) is 8.19. The molecule has 5 N–H and O–H groups in total. The van der Waals surface area contributed by atoms with Crippen molar-refractivity contribution in [3.8, 4) is 17.0 Å². The van der Waals surface area contributed by atoms with Crippen LogP contribution in [0.1, 0.15) is 12.5 Å². The van der Waals surface area contributed by atoms with E-state index in [0.29, 0.717) is 16.7 Å². The zero-order valence-corrected chi connectivity index (χ0v) is 17.1. The van der Waals surface area contributed by atoms with Crippen LogP contribution >= 0.6 is 11.6 Å². The number of hydrogen-bond acceptors (Lipinski definition) is 4. The predicted molar refractivity (Wildman–Crippen MR) is 114 cm³/mol. The van der Waals surface area contributed by atoms with Crippen molar-refractivity contribution in [3.05, 3.63) is 65.1 Å². The number of hydrogen-bond donors (Lipinski definition) is 4. The highest BCUT2D eigenvalue weighted by Crippen LogP contribution is 2.26. The molecule has 0 spiro atoms. The highest BCUT2D eigenvalue weighted by Gasteiger charge is 2.08. The number of halogens is 2. The lowest BCUT2D eigenvalue weighted by molar-refractivity contribution is -0.134. The predicted octanol–water partition coefficient (Wildman–Crippen LogP) is 3.90. The first-order valence-electron chi connectivity index (χ1n) is 8.69. The lowest BCUT2D eigenvalue weighted by Gasteiger charge is -2.08. The maximum atomic E-state index is 13.0. The van der Waals surface area contributed by atoms with Gasteiger partial charge in [-0.25, -0.2) is 14.4 Å². The van der Waals surface area contributed by atoms with Crippen molar-refractivity contribution in [1.82, 2.24) is 9.97 Å². The van der Waals surface area contributed by atoms with Crippen molar-refractivity contribution in [2.75, 3.05) is 12.4 Å². The van der Waals surface area contributed by atoms with Crippen LogP contribution in [0.2, 0.25) is 5.02 Å². The summed E-state index contributed by atoms with van der Waals surface area (Å²) in [6, 6.07) is 11.5. The SMILES string of the molecule is CC(=O)O.COc1cccc(Cl)c1CN=C(N)Nc1ncc(-c2ccc(F)cc2)[nH]1. The number of aromatic amines is 1. The lowest BCUT2D eigenvalue weighted by atomic mass is 10.2. The average molecular weight is 434 g/mol. The Kier molecular flexibility index (Phi) is 8.18. The van der Waals surface area contributed by atoms with Crippen molar-refractivity contribution in [2.24, 2.45) is 10.7 Å². The molecule has 0 saturated carbocycles. The number of benzene rings is 2. The maximum Gasteiger partial charge on any atom is 0.300 e. The summed E-state index contributed by atoms with van der Waals surface area (Å²) >= 11 is 6.18. The minimum Gasteiger partial charge on any atom is -0.496 e. The van der Waals surface area contributed by atoms with E-state index in [1.54, 1.807) is 37.6 Å². The number of aliphatic imine (C=N–C) groups is 1. The minimum atomic E-state index is -0.833. The Morgan fingerprint density at radius 3 is 2.63 bits per heavy atom. The molecular formula is C20H21ClFN5O3. The van der Waals surface area contributed by atoms with Gasteiger partial charge in [-0.1, -0.05) is 17.7 Å². The fourth-order valence-corrected chi connectivity index (χ4v) is 2.60. The Labute approximate surface area is 177 Å². The van der Waals surface area contributed by atoms with Crippen LogP contribution in [-0.4, -0.2) is 34.1 Å². The first-order chi connectivity index (χ1) is 14.3. The molecule has 0 aliphatic carbocycles. The highest BCUT2D eigenvalue weighted by atomic mass is 35.5. The summed E-state index contributed by atoms with van der Waals surface area (Å²) in [5, 5.41) is 10.8. The number of anilines is 1. The number of imidazole rings is 1. The lowest BCUT2D eigenvalue weighted by Crippen LogP contribution is -2.23. The van der Waals surface area contributed by atoms with Gasteiger partial charge in [-0.3, -0.25) is 10.1 Å². The van der Waals surface area contributed by atoms with Crippen LogP contribution in [0.15, 0.2) is 53.7 Å². The number of rotatable bonds is 5. The summed E-state index contributed by atoms with van der Waals surface area (Å²) < 4.78 is 18.3. The van der Waals surface area contributed by atoms with Crippen LogP contribution in [0.5, 0.6) is 5.75 Å². The Morgan fingerprint density at radius 2 is 2.00 bits per heavy atom.